The lowest BCUT2D eigenvalue weighted by atomic mass is 10.1. The van der Waals surface area contributed by atoms with Gasteiger partial charge in [0.1, 0.15) is 11.5 Å². The van der Waals surface area contributed by atoms with E-state index in [4.69, 9.17) is 9.47 Å². The normalized spacial score (nSPS) is 10.0. The number of methoxy groups -OCH3 is 1. The molecule has 0 N–H and O–H groups in total. The number of carbonyl (C=O) groups excluding carboxylic acids is 2. The van der Waals surface area contributed by atoms with Crippen molar-refractivity contribution in [2.24, 2.45) is 0 Å². The first-order chi connectivity index (χ1) is 10.0. The number of aryl methyl sites for hydroxylation is 1. The summed E-state index contributed by atoms with van der Waals surface area (Å²) in [6, 6.07) is 11.9. The Labute approximate surface area is 123 Å². The number of benzene rings is 2. The van der Waals surface area contributed by atoms with Gasteiger partial charge in [0.15, 0.2) is 5.78 Å². The molecule has 2 aromatic rings. The third-order valence-corrected chi connectivity index (χ3v) is 3.13. The van der Waals surface area contributed by atoms with Gasteiger partial charge in [0.25, 0.3) is 0 Å². The summed E-state index contributed by atoms with van der Waals surface area (Å²) in [6.07, 6.45) is 0. The molecule has 21 heavy (non-hydrogen) atoms. The number of esters is 1. The zero-order valence-corrected chi connectivity index (χ0v) is 12.2. The zero-order valence-electron chi connectivity index (χ0n) is 12.2. The highest BCUT2D eigenvalue weighted by molar-refractivity contribution is 5.99. The third kappa shape index (κ3) is 3.28. The van der Waals surface area contributed by atoms with Crippen molar-refractivity contribution in [1.29, 1.82) is 0 Å². The van der Waals surface area contributed by atoms with E-state index in [9.17, 15) is 9.59 Å². The molecule has 4 heteroatoms. The lowest BCUT2D eigenvalue weighted by molar-refractivity contribution is 0.0732. The van der Waals surface area contributed by atoms with E-state index in [1.165, 1.54) is 14.0 Å². The molecule has 108 valence electrons. The van der Waals surface area contributed by atoms with E-state index in [0.29, 0.717) is 16.9 Å². The van der Waals surface area contributed by atoms with Crippen molar-refractivity contribution in [2.75, 3.05) is 7.11 Å². The average molecular weight is 284 g/mol. The van der Waals surface area contributed by atoms with Crippen molar-refractivity contribution in [3.63, 3.8) is 0 Å². The van der Waals surface area contributed by atoms with E-state index in [1.54, 1.807) is 30.3 Å². The van der Waals surface area contributed by atoms with Gasteiger partial charge in [-0.1, -0.05) is 18.2 Å². The number of Topliss-reactive ketones (excluding diaryl/α,β-unsaturated/α-hetero) is 1. The van der Waals surface area contributed by atoms with Crippen molar-refractivity contribution < 1.29 is 19.1 Å². The van der Waals surface area contributed by atoms with E-state index in [1.807, 2.05) is 19.1 Å². The fraction of sp³-hybridized carbons (Fsp3) is 0.176. The Morgan fingerprint density at radius 3 is 2.33 bits per heavy atom. The average Bonchev–Trinajstić information content (AvgIpc) is 2.47. The molecule has 2 aromatic carbocycles. The largest absolute Gasteiger partial charge is 0.497 e. The maximum atomic E-state index is 12.2. The summed E-state index contributed by atoms with van der Waals surface area (Å²) in [6.45, 7) is 3.25. The number of ether oxygens (including phenoxy) is 2. The molecule has 0 fully saturated rings. The molecule has 0 heterocycles. The molecule has 0 aliphatic carbocycles. The van der Waals surface area contributed by atoms with E-state index >= 15 is 0 Å². The monoisotopic (exact) mass is 284 g/mol. The van der Waals surface area contributed by atoms with Gasteiger partial charge in [-0.25, -0.2) is 4.79 Å². The standard InChI is InChI=1S/C17H16O4/c1-11-6-4-5-7-14(11)17(19)21-16-9-8-13(20-3)10-15(16)12(2)18/h4-10H,1-3H3. The van der Waals surface area contributed by atoms with Crippen LogP contribution in [0, 0.1) is 6.92 Å². The Balaban J connectivity index is 2.33. The van der Waals surface area contributed by atoms with Gasteiger partial charge >= 0.3 is 5.97 Å². The number of hydrogen-bond donors (Lipinski definition) is 0. The molecule has 0 amide bonds. The van der Waals surface area contributed by atoms with Crippen molar-refractivity contribution in [3.05, 3.63) is 59.2 Å². The molecule has 0 aliphatic rings. The van der Waals surface area contributed by atoms with Crippen LogP contribution in [0.1, 0.15) is 33.2 Å². The zero-order chi connectivity index (χ0) is 15.4. The van der Waals surface area contributed by atoms with Gasteiger partial charge in [-0.3, -0.25) is 4.79 Å². The van der Waals surface area contributed by atoms with E-state index in [2.05, 4.69) is 0 Å². The maximum absolute atomic E-state index is 12.2. The first kappa shape index (κ1) is 14.8. The van der Waals surface area contributed by atoms with Gasteiger partial charge < -0.3 is 9.47 Å². The Bertz CT molecular complexity index is 689. The topological polar surface area (TPSA) is 52.6 Å². The van der Waals surface area contributed by atoms with Crippen LogP contribution in [-0.4, -0.2) is 18.9 Å². The second kappa shape index (κ2) is 6.22. The smallest absolute Gasteiger partial charge is 0.343 e. The number of rotatable bonds is 4. The number of carbonyl (C=O) groups is 2. The summed E-state index contributed by atoms with van der Waals surface area (Å²) in [7, 11) is 1.51. The Hall–Kier alpha value is -2.62. The summed E-state index contributed by atoms with van der Waals surface area (Å²) < 4.78 is 10.4. The number of ketones is 1. The van der Waals surface area contributed by atoms with Crippen molar-refractivity contribution in [2.45, 2.75) is 13.8 Å². The summed E-state index contributed by atoms with van der Waals surface area (Å²) >= 11 is 0. The van der Waals surface area contributed by atoms with Crippen LogP contribution in [0.25, 0.3) is 0 Å². The van der Waals surface area contributed by atoms with Crippen molar-refractivity contribution in [1.82, 2.24) is 0 Å². The summed E-state index contributed by atoms with van der Waals surface area (Å²) in [5, 5.41) is 0. The van der Waals surface area contributed by atoms with Crippen LogP contribution < -0.4 is 9.47 Å². The molecule has 0 unspecified atom stereocenters. The second-order valence-corrected chi connectivity index (χ2v) is 4.62. The highest BCUT2D eigenvalue weighted by atomic mass is 16.5. The fourth-order valence-electron chi connectivity index (χ4n) is 1.96. The third-order valence-electron chi connectivity index (χ3n) is 3.13. The Kier molecular flexibility index (Phi) is 4.38. The highest BCUT2D eigenvalue weighted by Gasteiger charge is 2.16. The van der Waals surface area contributed by atoms with Crippen molar-refractivity contribution >= 4 is 11.8 Å². The molecule has 0 bridgehead atoms. The van der Waals surface area contributed by atoms with E-state index in [-0.39, 0.29) is 11.5 Å². The lowest BCUT2D eigenvalue weighted by Crippen LogP contribution is -2.12. The van der Waals surface area contributed by atoms with Gasteiger partial charge in [0, 0.05) is 0 Å². The summed E-state index contributed by atoms with van der Waals surface area (Å²) in [4.78, 5) is 23.9. The van der Waals surface area contributed by atoms with E-state index in [0.717, 1.165) is 5.56 Å². The van der Waals surface area contributed by atoms with Crippen LogP contribution in [0.15, 0.2) is 42.5 Å². The first-order valence-electron chi connectivity index (χ1n) is 6.49. The van der Waals surface area contributed by atoms with Crippen molar-refractivity contribution in [3.8, 4) is 11.5 Å². The minimum Gasteiger partial charge on any atom is -0.497 e. The Morgan fingerprint density at radius 2 is 1.71 bits per heavy atom. The SMILES string of the molecule is COc1ccc(OC(=O)c2ccccc2C)c(C(C)=O)c1. The minimum atomic E-state index is -0.485. The second-order valence-electron chi connectivity index (χ2n) is 4.62. The van der Waals surface area contributed by atoms with E-state index < -0.39 is 5.97 Å². The lowest BCUT2D eigenvalue weighted by Gasteiger charge is -2.10. The van der Waals surface area contributed by atoms with Gasteiger partial charge in [-0.15, -0.1) is 0 Å². The van der Waals surface area contributed by atoms with Gasteiger partial charge in [0.05, 0.1) is 18.2 Å². The molecular formula is C17H16O4. The molecule has 0 atom stereocenters. The number of hydrogen-bond acceptors (Lipinski definition) is 4. The van der Waals surface area contributed by atoms with Crippen LogP contribution in [-0.2, 0) is 0 Å². The van der Waals surface area contributed by atoms with Gasteiger partial charge in [-0.05, 0) is 43.7 Å². The molecule has 4 nitrogen and oxygen atoms in total. The molecule has 0 aromatic heterocycles. The Morgan fingerprint density at radius 1 is 1.00 bits per heavy atom. The molecule has 0 spiro atoms. The predicted octanol–water partition coefficient (Wildman–Crippen LogP) is 3.43. The quantitative estimate of drug-likeness (QED) is 0.490. The molecule has 0 saturated heterocycles. The maximum Gasteiger partial charge on any atom is 0.343 e. The molecule has 0 radical (unpaired) electrons. The summed E-state index contributed by atoms with van der Waals surface area (Å²) in [5.41, 5.74) is 1.61. The van der Waals surface area contributed by atoms with Crippen LogP contribution in [0.2, 0.25) is 0 Å². The predicted molar refractivity (Wildman–Crippen MR) is 79.1 cm³/mol. The molecular weight excluding hydrogens is 268 g/mol. The first-order valence-corrected chi connectivity index (χ1v) is 6.49. The fourth-order valence-corrected chi connectivity index (χ4v) is 1.96. The van der Waals surface area contributed by atoms with Crippen LogP contribution >= 0.6 is 0 Å². The van der Waals surface area contributed by atoms with Crippen LogP contribution in [0.5, 0.6) is 11.5 Å². The van der Waals surface area contributed by atoms with Crippen LogP contribution in [0.4, 0.5) is 0 Å². The molecule has 0 aliphatic heterocycles. The minimum absolute atomic E-state index is 0.193. The molecule has 2 rings (SSSR count). The van der Waals surface area contributed by atoms with Gasteiger partial charge in [0.2, 0.25) is 0 Å². The highest BCUT2D eigenvalue weighted by Crippen LogP contribution is 2.25. The van der Waals surface area contributed by atoms with Gasteiger partial charge in [-0.2, -0.15) is 0 Å². The molecule has 0 saturated carbocycles. The van der Waals surface area contributed by atoms with Crippen LogP contribution in [0.3, 0.4) is 0 Å². The summed E-state index contributed by atoms with van der Waals surface area (Å²) in [5.74, 6) is 0.0923.